The van der Waals surface area contributed by atoms with Gasteiger partial charge in [-0.1, -0.05) is 34.1 Å². The van der Waals surface area contributed by atoms with Crippen LogP contribution in [0.4, 0.5) is 0 Å². The Morgan fingerprint density at radius 1 is 1.19 bits per heavy atom. The third-order valence-electron chi connectivity index (χ3n) is 4.25. The van der Waals surface area contributed by atoms with Crippen LogP contribution in [0.5, 0.6) is 11.5 Å². The van der Waals surface area contributed by atoms with Crippen LogP contribution in [-0.2, 0) is 4.79 Å². The molecular formula is C19H18BrClN2O3. The molecule has 0 fully saturated rings. The molecule has 3 rings (SSSR count). The van der Waals surface area contributed by atoms with Gasteiger partial charge < -0.3 is 9.47 Å². The van der Waals surface area contributed by atoms with Crippen LogP contribution in [0.3, 0.4) is 0 Å². The molecule has 0 bridgehead atoms. The molecule has 5 nitrogen and oxygen atoms in total. The maximum absolute atomic E-state index is 12.3. The molecule has 0 saturated carbocycles. The number of alkyl halides is 1. The highest BCUT2D eigenvalue weighted by Crippen LogP contribution is 2.37. The van der Waals surface area contributed by atoms with Gasteiger partial charge in [0.1, 0.15) is 5.88 Å². The third-order valence-corrected chi connectivity index (χ3v) is 5.01. The number of nitrogens with zero attached hydrogens (tertiary/aromatic N) is 2. The molecule has 1 aliphatic rings. The van der Waals surface area contributed by atoms with Crippen LogP contribution < -0.4 is 9.47 Å². The van der Waals surface area contributed by atoms with Gasteiger partial charge in [-0.2, -0.15) is 5.10 Å². The molecule has 26 heavy (non-hydrogen) atoms. The number of ether oxygens (including phenoxy) is 2. The lowest BCUT2D eigenvalue weighted by atomic mass is 9.98. The Bertz CT molecular complexity index is 839. The average Bonchev–Trinajstić information content (AvgIpc) is 3.12. The summed E-state index contributed by atoms with van der Waals surface area (Å²) in [6, 6.07) is 13.2. The summed E-state index contributed by atoms with van der Waals surface area (Å²) in [5, 5.41) is 6.01. The minimum absolute atomic E-state index is 0.124. The second-order valence-corrected chi connectivity index (χ2v) is 6.94. The number of hydrogen-bond donors (Lipinski definition) is 0. The first-order valence-electron chi connectivity index (χ1n) is 8.00. The van der Waals surface area contributed by atoms with Crippen molar-refractivity contribution in [2.45, 2.75) is 12.5 Å². The molecule has 0 aliphatic carbocycles. The number of halogens is 2. The highest BCUT2D eigenvalue weighted by Gasteiger charge is 2.33. The van der Waals surface area contributed by atoms with Crippen LogP contribution in [0.25, 0.3) is 0 Å². The predicted molar refractivity (Wildman–Crippen MR) is 105 cm³/mol. The number of hydrogen-bond acceptors (Lipinski definition) is 4. The number of carbonyl (C=O) groups excluding carboxylic acids is 1. The molecule has 2 aromatic rings. The van der Waals surface area contributed by atoms with E-state index in [2.05, 4.69) is 21.0 Å². The lowest BCUT2D eigenvalue weighted by Gasteiger charge is -2.22. The molecule has 2 aromatic carbocycles. The number of benzene rings is 2. The van der Waals surface area contributed by atoms with E-state index in [0.29, 0.717) is 17.9 Å². The van der Waals surface area contributed by atoms with Crippen LogP contribution >= 0.6 is 27.5 Å². The SMILES string of the molecule is COc1ccc(C2CC(c3ccc(Br)cc3)=NN2C(=O)CCl)cc1OC. The van der Waals surface area contributed by atoms with Gasteiger partial charge in [0.15, 0.2) is 11.5 Å². The largest absolute Gasteiger partial charge is 0.493 e. The van der Waals surface area contributed by atoms with Gasteiger partial charge in [0, 0.05) is 10.9 Å². The summed E-state index contributed by atoms with van der Waals surface area (Å²) in [7, 11) is 3.17. The van der Waals surface area contributed by atoms with Crippen LogP contribution in [0, 0.1) is 0 Å². The molecule has 1 aliphatic heterocycles. The number of carbonyl (C=O) groups is 1. The Hall–Kier alpha value is -2.05. The standard InChI is InChI=1S/C19H18BrClN2O3/c1-25-17-8-5-13(9-18(17)26-2)16-10-15(22-23(16)19(24)11-21)12-3-6-14(20)7-4-12/h3-9,16H,10-11H2,1-2H3. The number of rotatable bonds is 5. The van der Waals surface area contributed by atoms with Crippen LogP contribution in [0.2, 0.25) is 0 Å². The normalized spacial score (nSPS) is 16.4. The molecule has 1 heterocycles. The van der Waals surface area contributed by atoms with Crippen molar-refractivity contribution in [3.63, 3.8) is 0 Å². The van der Waals surface area contributed by atoms with Crippen LogP contribution in [-0.4, -0.2) is 36.7 Å². The molecule has 0 radical (unpaired) electrons. The fourth-order valence-electron chi connectivity index (χ4n) is 2.94. The number of hydrazone groups is 1. The summed E-state index contributed by atoms with van der Waals surface area (Å²) >= 11 is 9.22. The number of amides is 1. The molecule has 136 valence electrons. The van der Waals surface area contributed by atoms with Gasteiger partial charge in [0.05, 0.1) is 26.0 Å². The summed E-state index contributed by atoms with van der Waals surface area (Å²) in [5.41, 5.74) is 2.73. The van der Waals surface area contributed by atoms with E-state index in [9.17, 15) is 4.79 Å². The molecule has 0 N–H and O–H groups in total. The number of methoxy groups -OCH3 is 2. The highest BCUT2D eigenvalue weighted by molar-refractivity contribution is 9.10. The molecular weight excluding hydrogens is 420 g/mol. The van der Waals surface area contributed by atoms with Crippen LogP contribution in [0.15, 0.2) is 52.0 Å². The predicted octanol–water partition coefficient (Wildman–Crippen LogP) is 4.38. The molecule has 1 amide bonds. The Balaban J connectivity index is 1.96. The van der Waals surface area contributed by atoms with E-state index in [1.165, 1.54) is 5.01 Å². The summed E-state index contributed by atoms with van der Waals surface area (Å²) < 4.78 is 11.7. The van der Waals surface area contributed by atoms with E-state index in [1.54, 1.807) is 14.2 Å². The van der Waals surface area contributed by atoms with E-state index in [1.807, 2.05) is 42.5 Å². The van der Waals surface area contributed by atoms with Crippen molar-refractivity contribution in [2.24, 2.45) is 5.10 Å². The topological polar surface area (TPSA) is 51.1 Å². The summed E-state index contributed by atoms with van der Waals surface area (Å²) in [6.45, 7) is 0. The van der Waals surface area contributed by atoms with E-state index < -0.39 is 0 Å². The summed E-state index contributed by atoms with van der Waals surface area (Å²) in [4.78, 5) is 12.3. The zero-order valence-electron chi connectivity index (χ0n) is 14.4. The molecule has 7 heteroatoms. The Labute approximate surface area is 165 Å². The van der Waals surface area contributed by atoms with Crippen molar-refractivity contribution in [1.29, 1.82) is 0 Å². The molecule has 0 saturated heterocycles. The van der Waals surface area contributed by atoms with Crippen molar-refractivity contribution in [3.8, 4) is 11.5 Å². The quantitative estimate of drug-likeness (QED) is 0.652. The minimum atomic E-state index is -0.237. The molecule has 0 spiro atoms. The first-order chi connectivity index (χ1) is 12.6. The van der Waals surface area contributed by atoms with Gasteiger partial charge in [0.25, 0.3) is 5.91 Å². The molecule has 1 unspecified atom stereocenters. The lowest BCUT2D eigenvalue weighted by molar-refractivity contribution is -0.130. The zero-order chi connectivity index (χ0) is 18.7. The van der Waals surface area contributed by atoms with E-state index in [4.69, 9.17) is 21.1 Å². The maximum atomic E-state index is 12.3. The zero-order valence-corrected chi connectivity index (χ0v) is 16.8. The third kappa shape index (κ3) is 3.71. The second-order valence-electron chi connectivity index (χ2n) is 5.76. The second kappa shape index (κ2) is 8.10. The Morgan fingerprint density at radius 3 is 2.50 bits per heavy atom. The van der Waals surface area contributed by atoms with Gasteiger partial charge in [-0.05, 0) is 35.4 Å². The summed E-state index contributed by atoms with van der Waals surface area (Å²) in [5.74, 6) is 0.887. The van der Waals surface area contributed by atoms with Gasteiger partial charge in [0.2, 0.25) is 0 Å². The molecule has 0 aromatic heterocycles. The van der Waals surface area contributed by atoms with Crippen molar-refractivity contribution in [3.05, 3.63) is 58.1 Å². The summed E-state index contributed by atoms with van der Waals surface area (Å²) in [6.07, 6.45) is 0.597. The first-order valence-corrected chi connectivity index (χ1v) is 9.33. The average molecular weight is 438 g/mol. The van der Waals surface area contributed by atoms with Crippen LogP contribution in [0.1, 0.15) is 23.6 Å². The van der Waals surface area contributed by atoms with Crippen molar-refractivity contribution in [1.82, 2.24) is 5.01 Å². The Morgan fingerprint density at radius 2 is 1.88 bits per heavy atom. The highest BCUT2D eigenvalue weighted by atomic mass is 79.9. The van der Waals surface area contributed by atoms with E-state index in [0.717, 1.165) is 21.3 Å². The Kier molecular flexibility index (Phi) is 5.84. The first kappa shape index (κ1) is 18.7. The van der Waals surface area contributed by atoms with Gasteiger partial charge >= 0.3 is 0 Å². The monoisotopic (exact) mass is 436 g/mol. The minimum Gasteiger partial charge on any atom is -0.493 e. The maximum Gasteiger partial charge on any atom is 0.258 e. The smallest absolute Gasteiger partial charge is 0.258 e. The lowest BCUT2D eigenvalue weighted by Crippen LogP contribution is -2.28. The van der Waals surface area contributed by atoms with Crippen molar-refractivity contribution < 1.29 is 14.3 Å². The van der Waals surface area contributed by atoms with Gasteiger partial charge in [-0.25, -0.2) is 5.01 Å². The molecule has 1 atom stereocenters. The van der Waals surface area contributed by atoms with E-state index >= 15 is 0 Å². The fraction of sp³-hybridized carbons (Fsp3) is 0.263. The van der Waals surface area contributed by atoms with Gasteiger partial charge in [-0.15, -0.1) is 11.6 Å². The van der Waals surface area contributed by atoms with Gasteiger partial charge in [-0.3, -0.25) is 4.79 Å². The van der Waals surface area contributed by atoms with E-state index in [-0.39, 0.29) is 17.8 Å². The van der Waals surface area contributed by atoms with Crippen molar-refractivity contribution >= 4 is 39.1 Å². The fourth-order valence-corrected chi connectivity index (χ4v) is 3.32. The van der Waals surface area contributed by atoms with Crippen molar-refractivity contribution in [2.75, 3.05) is 20.1 Å².